The van der Waals surface area contributed by atoms with Gasteiger partial charge in [0.1, 0.15) is 24.0 Å². The summed E-state index contributed by atoms with van der Waals surface area (Å²) in [5, 5.41) is 12.6. The second-order valence-electron chi connectivity index (χ2n) is 4.00. The van der Waals surface area contributed by atoms with Crippen LogP contribution in [0.3, 0.4) is 0 Å². The first-order valence-electron chi connectivity index (χ1n) is 5.99. The Bertz CT molecular complexity index is 604. The lowest BCUT2D eigenvalue weighted by molar-refractivity contribution is 0.301. The molecule has 5 heteroatoms. The van der Waals surface area contributed by atoms with E-state index in [4.69, 9.17) is 21.6 Å². The van der Waals surface area contributed by atoms with Gasteiger partial charge in [0.05, 0.1) is 15.7 Å². The fourth-order valence-electron chi connectivity index (χ4n) is 1.63. The van der Waals surface area contributed by atoms with Crippen LogP contribution in [-0.4, -0.2) is 4.98 Å². The number of hydrogen-bond donors (Lipinski definition) is 0. The molecule has 2 aromatic rings. The molecule has 0 aliphatic heterocycles. The molecule has 0 unspecified atom stereocenters. The van der Waals surface area contributed by atoms with E-state index in [1.165, 1.54) is 0 Å². The Morgan fingerprint density at radius 3 is 3.05 bits per heavy atom. The summed E-state index contributed by atoms with van der Waals surface area (Å²) in [6.45, 7) is 2.48. The van der Waals surface area contributed by atoms with Crippen molar-refractivity contribution in [1.29, 1.82) is 5.26 Å². The number of halogens is 1. The molecule has 1 aromatic heterocycles. The number of aromatic nitrogens is 1. The van der Waals surface area contributed by atoms with Crippen molar-refractivity contribution in [3.05, 3.63) is 44.9 Å². The quantitative estimate of drug-likeness (QED) is 0.829. The Morgan fingerprint density at radius 2 is 2.32 bits per heavy atom. The van der Waals surface area contributed by atoms with Gasteiger partial charge in [0.15, 0.2) is 0 Å². The molecule has 0 aliphatic rings. The molecule has 0 N–H and O–H groups in total. The van der Waals surface area contributed by atoms with Crippen LogP contribution in [0.2, 0.25) is 5.02 Å². The summed E-state index contributed by atoms with van der Waals surface area (Å²) in [4.78, 5) is 4.47. The van der Waals surface area contributed by atoms with Crippen LogP contribution in [0.5, 0.6) is 5.75 Å². The molecule has 0 spiro atoms. The van der Waals surface area contributed by atoms with E-state index in [9.17, 15) is 0 Å². The third-order valence-corrected chi connectivity index (χ3v) is 3.80. The minimum atomic E-state index is 0.356. The molecule has 2 rings (SSSR count). The maximum Gasteiger partial charge on any atom is 0.139 e. The monoisotopic (exact) mass is 292 g/mol. The van der Waals surface area contributed by atoms with Gasteiger partial charge in [0.2, 0.25) is 0 Å². The van der Waals surface area contributed by atoms with Crippen LogP contribution in [-0.2, 0) is 13.0 Å². The summed E-state index contributed by atoms with van der Waals surface area (Å²) in [5.41, 5.74) is 1.26. The average Bonchev–Trinajstić information content (AvgIpc) is 2.84. The zero-order valence-corrected chi connectivity index (χ0v) is 12.1. The summed E-state index contributed by atoms with van der Waals surface area (Å²) in [6.07, 6.45) is 2.08. The van der Waals surface area contributed by atoms with Gasteiger partial charge in [0.25, 0.3) is 0 Å². The lowest BCUT2D eigenvalue weighted by Gasteiger charge is -2.06. The maximum absolute atomic E-state index is 9.04. The molecule has 0 saturated carbocycles. The van der Waals surface area contributed by atoms with Crippen LogP contribution in [0.4, 0.5) is 0 Å². The highest BCUT2D eigenvalue weighted by atomic mass is 35.5. The lowest BCUT2D eigenvalue weighted by Crippen LogP contribution is -1.98. The Morgan fingerprint density at radius 1 is 1.47 bits per heavy atom. The van der Waals surface area contributed by atoms with Crippen molar-refractivity contribution >= 4 is 22.9 Å². The SMILES string of the molecule is CCCc1nc(COc2cccc(Cl)c2C#N)cs1. The molecule has 3 nitrogen and oxygen atoms in total. The van der Waals surface area contributed by atoms with Gasteiger partial charge in [-0.25, -0.2) is 4.98 Å². The molecule has 98 valence electrons. The predicted molar refractivity (Wildman–Crippen MR) is 76.6 cm³/mol. The van der Waals surface area contributed by atoms with Gasteiger partial charge in [-0.2, -0.15) is 5.26 Å². The van der Waals surface area contributed by atoms with Crippen LogP contribution < -0.4 is 4.74 Å². The van der Waals surface area contributed by atoms with E-state index in [2.05, 4.69) is 18.0 Å². The van der Waals surface area contributed by atoms with Gasteiger partial charge in [0, 0.05) is 5.38 Å². The molecule has 19 heavy (non-hydrogen) atoms. The minimum absolute atomic E-state index is 0.356. The molecular weight excluding hydrogens is 280 g/mol. The Balaban J connectivity index is 2.06. The fourth-order valence-corrected chi connectivity index (χ4v) is 2.72. The molecule has 0 amide bonds. The standard InChI is InChI=1S/C14H13ClN2OS/c1-2-4-14-17-10(9-19-14)8-18-13-6-3-5-12(15)11(13)7-16/h3,5-6,9H,2,4,8H2,1H3. The lowest BCUT2D eigenvalue weighted by atomic mass is 10.2. The summed E-state index contributed by atoms with van der Waals surface area (Å²) < 4.78 is 5.62. The number of nitrogens with zero attached hydrogens (tertiary/aromatic N) is 2. The summed E-state index contributed by atoms with van der Waals surface area (Å²) in [5.74, 6) is 0.500. The molecule has 0 bridgehead atoms. The predicted octanol–water partition coefficient (Wildman–Crippen LogP) is 4.20. The van der Waals surface area contributed by atoms with E-state index in [1.54, 1.807) is 29.5 Å². The third-order valence-electron chi connectivity index (χ3n) is 2.53. The van der Waals surface area contributed by atoms with Crippen molar-refractivity contribution in [1.82, 2.24) is 4.98 Å². The van der Waals surface area contributed by atoms with Gasteiger partial charge in [-0.1, -0.05) is 24.6 Å². The van der Waals surface area contributed by atoms with Crippen molar-refractivity contribution in [2.45, 2.75) is 26.4 Å². The number of hydrogen-bond acceptors (Lipinski definition) is 4. The van der Waals surface area contributed by atoms with Crippen LogP contribution in [0, 0.1) is 11.3 Å². The molecule has 1 heterocycles. The highest BCUT2D eigenvalue weighted by Gasteiger charge is 2.08. The topological polar surface area (TPSA) is 45.9 Å². The number of nitriles is 1. The van der Waals surface area contributed by atoms with Crippen molar-refractivity contribution in [2.24, 2.45) is 0 Å². The van der Waals surface area contributed by atoms with Crippen LogP contribution in [0.1, 0.15) is 29.6 Å². The van der Waals surface area contributed by atoms with Gasteiger partial charge < -0.3 is 4.74 Å². The van der Waals surface area contributed by atoms with Crippen LogP contribution >= 0.6 is 22.9 Å². The molecular formula is C14H13ClN2OS. The van der Waals surface area contributed by atoms with Crippen molar-refractivity contribution in [2.75, 3.05) is 0 Å². The Hall–Kier alpha value is -1.57. The molecule has 0 fully saturated rings. The number of rotatable bonds is 5. The first-order chi connectivity index (χ1) is 9.24. The van der Waals surface area contributed by atoms with Crippen LogP contribution in [0.25, 0.3) is 0 Å². The highest BCUT2D eigenvalue weighted by molar-refractivity contribution is 7.09. The number of ether oxygens (including phenoxy) is 1. The van der Waals surface area contributed by atoms with Gasteiger partial charge in [-0.3, -0.25) is 0 Å². The fraction of sp³-hybridized carbons (Fsp3) is 0.286. The van der Waals surface area contributed by atoms with Gasteiger partial charge >= 0.3 is 0 Å². The average molecular weight is 293 g/mol. The van der Waals surface area contributed by atoms with Crippen molar-refractivity contribution < 1.29 is 4.74 Å². The molecule has 1 aromatic carbocycles. The van der Waals surface area contributed by atoms with E-state index < -0.39 is 0 Å². The normalized spacial score (nSPS) is 10.2. The van der Waals surface area contributed by atoms with E-state index in [1.807, 2.05) is 5.38 Å². The molecule has 0 atom stereocenters. The number of thiazole rings is 1. The highest BCUT2D eigenvalue weighted by Crippen LogP contribution is 2.26. The van der Waals surface area contributed by atoms with E-state index in [0.717, 1.165) is 23.5 Å². The van der Waals surface area contributed by atoms with E-state index in [0.29, 0.717) is 22.9 Å². The summed E-state index contributed by atoms with van der Waals surface area (Å²) in [6, 6.07) is 7.23. The first kappa shape index (κ1) is 13.9. The van der Waals surface area contributed by atoms with Crippen LogP contribution in [0.15, 0.2) is 23.6 Å². The second kappa shape index (κ2) is 6.55. The zero-order chi connectivity index (χ0) is 13.7. The Kier molecular flexibility index (Phi) is 4.78. The van der Waals surface area contributed by atoms with Crippen molar-refractivity contribution in [3.8, 4) is 11.8 Å². The summed E-state index contributed by atoms with van der Waals surface area (Å²) >= 11 is 7.58. The zero-order valence-electron chi connectivity index (χ0n) is 10.5. The van der Waals surface area contributed by atoms with Crippen molar-refractivity contribution in [3.63, 3.8) is 0 Å². The first-order valence-corrected chi connectivity index (χ1v) is 7.25. The summed E-state index contributed by atoms with van der Waals surface area (Å²) in [7, 11) is 0. The molecule has 0 saturated heterocycles. The largest absolute Gasteiger partial charge is 0.486 e. The van der Waals surface area contributed by atoms with E-state index in [-0.39, 0.29) is 0 Å². The maximum atomic E-state index is 9.04. The number of benzene rings is 1. The van der Waals surface area contributed by atoms with E-state index >= 15 is 0 Å². The third kappa shape index (κ3) is 3.46. The second-order valence-corrected chi connectivity index (χ2v) is 5.35. The molecule has 0 aliphatic carbocycles. The smallest absolute Gasteiger partial charge is 0.139 e. The van der Waals surface area contributed by atoms with Gasteiger partial charge in [-0.05, 0) is 25.0 Å². The minimum Gasteiger partial charge on any atom is -0.486 e. The Labute approximate surface area is 121 Å². The molecule has 0 radical (unpaired) electrons. The number of aryl methyl sites for hydroxylation is 1. The van der Waals surface area contributed by atoms with Gasteiger partial charge in [-0.15, -0.1) is 11.3 Å².